The summed E-state index contributed by atoms with van der Waals surface area (Å²) in [7, 11) is -1.14. The first-order valence-electron chi connectivity index (χ1n) is 10.6. The number of benzene rings is 1. The van der Waals surface area contributed by atoms with Gasteiger partial charge in [0.1, 0.15) is 6.10 Å². The molecule has 2 N–H and O–H groups in total. The lowest BCUT2D eigenvalue weighted by atomic mass is 10.1. The van der Waals surface area contributed by atoms with E-state index < -0.39 is 20.3 Å². The molecule has 0 unspecified atom stereocenters. The Morgan fingerprint density at radius 3 is 2.66 bits per heavy atom. The quantitative estimate of drug-likeness (QED) is 0.321. The molecule has 1 atom stereocenters. The predicted octanol–water partition coefficient (Wildman–Crippen LogP) is 2.96. The van der Waals surface area contributed by atoms with Gasteiger partial charge in [0.15, 0.2) is 5.82 Å². The summed E-state index contributed by atoms with van der Waals surface area (Å²) in [5.74, 6) is -0.170. The maximum Gasteiger partial charge on any atom is 0.414 e. The van der Waals surface area contributed by atoms with Crippen LogP contribution in [0.2, 0.25) is 25.7 Å². The van der Waals surface area contributed by atoms with Crippen LogP contribution >= 0.6 is 0 Å². The Morgan fingerprint density at radius 2 is 2.00 bits per heavy atom. The largest absolute Gasteiger partial charge is 0.442 e. The minimum atomic E-state index is -1.14. The number of imidazole rings is 1. The van der Waals surface area contributed by atoms with Crippen molar-refractivity contribution in [3.8, 4) is 0 Å². The lowest BCUT2D eigenvalue weighted by Gasteiger charge is -2.14. The number of carbonyl (C=O) groups is 3. The Hall–Kier alpha value is -2.98. The average Bonchev–Trinajstić information content (AvgIpc) is 3.35. The second-order valence-electron chi connectivity index (χ2n) is 9.05. The lowest BCUT2D eigenvalue weighted by Crippen LogP contribution is -2.33. The number of H-pyrrole nitrogens is 1. The van der Waals surface area contributed by atoms with Gasteiger partial charge >= 0.3 is 6.09 Å². The van der Waals surface area contributed by atoms with Crippen LogP contribution in [-0.2, 0) is 20.9 Å². The average molecular weight is 459 g/mol. The first-order valence-corrected chi connectivity index (χ1v) is 14.3. The summed E-state index contributed by atoms with van der Waals surface area (Å²) in [5.41, 5.74) is 1.83. The summed E-state index contributed by atoms with van der Waals surface area (Å²) in [6, 6.07) is 7.77. The van der Waals surface area contributed by atoms with E-state index in [0.29, 0.717) is 31.0 Å². The van der Waals surface area contributed by atoms with Gasteiger partial charge in [-0.15, -0.1) is 0 Å². The highest BCUT2D eigenvalue weighted by atomic mass is 28.3. The fourth-order valence-electron chi connectivity index (χ4n) is 3.13. The number of cyclic esters (lactones) is 1. The molecule has 172 valence electrons. The Kier molecular flexibility index (Phi) is 7.47. The van der Waals surface area contributed by atoms with Crippen LogP contribution in [0.25, 0.3) is 0 Å². The van der Waals surface area contributed by atoms with E-state index in [2.05, 4.69) is 34.9 Å². The van der Waals surface area contributed by atoms with E-state index >= 15 is 0 Å². The van der Waals surface area contributed by atoms with Gasteiger partial charge in [0.2, 0.25) is 11.7 Å². The van der Waals surface area contributed by atoms with Crippen molar-refractivity contribution in [3.05, 3.63) is 47.5 Å². The molecule has 1 aliphatic heterocycles. The summed E-state index contributed by atoms with van der Waals surface area (Å²) in [4.78, 5) is 44.6. The number of ether oxygens (including phenoxy) is 2. The van der Waals surface area contributed by atoms with Gasteiger partial charge in [0, 0.05) is 32.9 Å². The number of aromatic amines is 1. The highest BCUT2D eigenvalue weighted by Crippen LogP contribution is 2.22. The van der Waals surface area contributed by atoms with Gasteiger partial charge in [-0.05, 0) is 30.3 Å². The molecule has 0 aliphatic carbocycles. The molecule has 3 rings (SSSR count). The summed E-state index contributed by atoms with van der Waals surface area (Å²) in [5, 5.41) is 2.64. The van der Waals surface area contributed by atoms with E-state index in [1.165, 1.54) is 11.8 Å². The molecule has 1 aliphatic rings. The number of nitrogens with one attached hydrogen (secondary N) is 2. The number of amides is 2. The molecule has 2 amide bonds. The van der Waals surface area contributed by atoms with Crippen LogP contribution in [-0.4, -0.2) is 61.6 Å². The van der Waals surface area contributed by atoms with Gasteiger partial charge in [0.25, 0.3) is 0 Å². The molecule has 0 spiro atoms. The fraction of sp³-hybridized carbons (Fsp3) is 0.455. The van der Waals surface area contributed by atoms with Crippen LogP contribution in [0.3, 0.4) is 0 Å². The van der Waals surface area contributed by atoms with E-state index in [0.717, 1.165) is 11.7 Å². The van der Waals surface area contributed by atoms with Gasteiger partial charge in [0.05, 0.1) is 31.6 Å². The minimum Gasteiger partial charge on any atom is -0.442 e. The molecular weight excluding hydrogens is 428 g/mol. The summed E-state index contributed by atoms with van der Waals surface area (Å²) in [6.45, 7) is 9.98. The molecular formula is C22H30N4O5Si. The zero-order valence-electron chi connectivity index (χ0n) is 18.9. The molecule has 0 saturated carbocycles. The van der Waals surface area contributed by atoms with Crippen LogP contribution < -0.4 is 10.2 Å². The Bertz CT molecular complexity index is 967. The van der Waals surface area contributed by atoms with E-state index in [1.54, 1.807) is 30.5 Å². The maximum absolute atomic E-state index is 12.7. The molecule has 1 aromatic carbocycles. The summed E-state index contributed by atoms with van der Waals surface area (Å²) >= 11 is 0. The zero-order valence-corrected chi connectivity index (χ0v) is 19.9. The van der Waals surface area contributed by atoms with Crippen molar-refractivity contribution in [3.63, 3.8) is 0 Å². The second kappa shape index (κ2) is 10.1. The monoisotopic (exact) mass is 458 g/mol. The number of hydrogen-bond acceptors (Lipinski definition) is 6. The van der Waals surface area contributed by atoms with Gasteiger partial charge < -0.3 is 19.8 Å². The normalized spacial score (nSPS) is 16.2. The summed E-state index contributed by atoms with van der Waals surface area (Å²) in [6.07, 6.45) is 0.720. The highest BCUT2D eigenvalue weighted by Gasteiger charge is 2.32. The first kappa shape index (κ1) is 23.7. The standard InChI is InChI=1S/C22H30N4O5Si/c1-15(27)23-12-19-13-26(22(29)31-19)18-7-5-16(6-8-18)20(28)21-24-11-17(25-21)14-30-9-10-32(2,3)4/h5-8,11,19H,9-10,12-14H2,1-4H3,(H,23,27)(H,24,25)/t19-/m0/s1. The van der Waals surface area contributed by atoms with Crippen molar-refractivity contribution in [2.24, 2.45) is 0 Å². The predicted molar refractivity (Wildman–Crippen MR) is 123 cm³/mol. The van der Waals surface area contributed by atoms with Crippen molar-refractivity contribution >= 4 is 31.5 Å². The topological polar surface area (TPSA) is 114 Å². The highest BCUT2D eigenvalue weighted by molar-refractivity contribution is 6.76. The summed E-state index contributed by atoms with van der Waals surface area (Å²) < 4.78 is 11.0. The number of nitrogens with zero attached hydrogens (tertiary/aromatic N) is 2. The number of ketones is 1. The molecule has 32 heavy (non-hydrogen) atoms. The van der Waals surface area contributed by atoms with Gasteiger partial charge in [-0.3, -0.25) is 14.5 Å². The molecule has 2 aromatic rings. The van der Waals surface area contributed by atoms with Gasteiger partial charge in [-0.25, -0.2) is 9.78 Å². The Labute approximate surface area is 188 Å². The Morgan fingerprint density at radius 1 is 1.28 bits per heavy atom. The second-order valence-corrected chi connectivity index (χ2v) is 14.7. The minimum absolute atomic E-state index is 0.179. The van der Waals surface area contributed by atoms with Crippen molar-refractivity contribution in [1.29, 1.82) is 0 Å². The molecule has 1 saturated heterocycles. The van der Waals surface area contributed by atoms with Crippen LogP contribution in [0.4, 0.5) is 10.5 Å². The molecule has 10 heteroatoms. The van der Waals surface area contributed by atoms with Crippen molar-refractivity contribution in [1.82, 2.24) is 15.3 Å². The van der Waals surface area contributed by atoms with Crippen LogP contribution in [0.1, 0.15) is 28.8 Å². The third kappa shape index (κ3) is 6.51. The molecule has 9 nitrogen and oxygen atoms in total. The van der Waals surface area contributed by atoms with Gasteiger partial charge in [-0.2, -0.15) is 0 Å². The first-order chi connectivity index (χ1) is 15.1. The number of anilines is 1. The number of carbonyl (C=O) groups excluding carboxylic acids is 3. The molecule has 0 bridgehead atoms. The fourth-order valence-corrected chi connectivity index (χ4v) is 3.89. The van der Waals surface area contributed by atoms with Crippen molar-refractivity contribution < 1.29 is 23.9 Å². The van der Waals surface area contributed by atoms with Crippen LogP contribution in [0.5, 0.6) is 0 Å². The zero-order chi connectivity index (χ0) is 23.3. The maximum atomic E-state index is 12.7. The van der Waals surface area contributed by atoms with Crippen LogP contribution in [0.15, 0.2) is 30.5 Å². The van der Waals surface area contributed by atoms with E-state index in [9.17, 15) is 14.4 Å². The third-order valence-electron chi connectivity index (χ3n) is 4.99. The third-order valence-corrected chi connectivity index (χ3v) is 6.70. The Balaban J connectivity index is 1.56. The SMILES string of the molecule is CC(=O)NC[C@H]1CN(c2ccc(C(=O)c3ncc(COCC[Si](C)(C)C)[nH]3)cc2)C(=O)O1. The van der Waals surface area contributed by atoms with E-state index in [4.69, 9.17) is 9.47 Å². The van der Waals surface area contributed by atoms with Crippen LogP contribution in [0, 0.1) is 0 Å². The molecule has 1 aromatic heterocycles. The van der Waals surface area contributed by atoms with E-state index in [1.807, 2.05) is 0 Å². The molecule has 2 heterocycles. The lowest BCUT2D eigenvalue weighted by molar-refractivity contribution is -0.119. The number of hydrogen-bond donors (Lipinski definition) is 2. The molecule has 1 fully saturated rings. The van der Waals surface area contributed by atoms with Gasteiger partial charge in [-0.1, -0.05) is 19.6 Å². The molecule has 0 radical (unpaired) electrons. The van der Waals surface area contributed by atoms with E-state index in [-0.39, 0.29) is 24.1 Å². The smallest absolute Gasteiger partial charge is 0.414 e. The number of aromatic nitrogens is 2. The number of rotatable bonds is 10. The van der Waals surface area contributed by atoms with Crippen molar-refractivity contribution in [2.45, 2.75) is 45.3 Å². The van der Waals surface area contributed by atoms with Crippen molar-refractivity contribution in [2.75, 3.05) is 24.6 Å².